The number of nitrogens with zero attached hydrogens (tertiary/aromatic N) is 3. The van der Waals surface area contributed by atoms with Crippen LogP contribution in [-0.4, -0.2) is 29.6 Å². The van der Waals surface area contributed by atoms with Crippen molar-refractivity contribution in [3.63, 3.8) is 0 Å². The Morgan fingerprint density at radius 3 is 2.82 bits per heavy atom. The van der Waals surface area contributed by atoms with Crippen LogP contribution in [0.25, 0.3) is 0 Å². The summed E-state index contributed by atoms with van der Waals surface area (Å²) in [7, 11) is 0. The molecule has 1 fully saturated rings. The molecule has 0 radical (unpaired) electrons. The number of aryl methyl sites for hydroxylation is 2. The van der Waals surface area contributed by atoms with Gasteiger partial charge in [-0.05, 0) is 31.7 Å². The first kappa shape index (κ1) is 12.3. The zero-order valence-corrected chi connectivity index (χ0v) is 11.0. The summed E-state index contributed by atoms with van der Waals surface area (Å²) < 4.78 is 0. The maximum Gasteiger partial charge on any atom is 0.132 e. The molecule has 1 aliphatic heterocycles. The highest BCUT2D eigenvalue weighted by Crippen LogP contribution is 2.31. The van der Waals surface area contributed by atoms with Crippen molar-refractivity contribution in [2.24, 2.45) is 11.1 Å². The number of hydrogen-bond donors (Lipinski definition) is 1. The SMILES string of the molecule is CCc1cc(N2CCC(C)(CN)C2)nc(C)n1. The second-order valence-electron chi connectivity index (χ2n) is 5.30. The van der Waals surface area contributed by atoms with Crippen LogP contribution in [0.15, 0.2) is 6.07 Å². The molecule has 0 aromatic carbocycles. The Labute approximate surface area is 103 Å². The van der Waals surface area contributed by atoms with Gasteiger partial charge in [0.05, 0.1) is 0 Å². The molecule has 0 amide bonds. The molecule has 0 bridgehead atoms. The van der Waals surface area contributed by atoms with E-state index in [0.29, 0.717) is 0 Å². The van der Waals surface area contributed by atoms with Crippen LogP contribution < -0.4 is 10.6 Å². The van der Waals surface area contributed by atoms with Gasteiger partial charge in [-0.2, -0.15) is 0 Å². The van der Waals surface area contributed by atoms with E-state index in [9.17, 15) is 0 Å². The van der Waals surface area contributed by atoms with Crippen molar-refractivity contribution in [3.05, 3.63) is 17.6 Å². The van der Waals surface area contributed by atoms with Gasteiger partial charge in [0, 0.05) is 24.8 Å². The standard InChI is InChI=1S/C13H22N4/c1-4-11-7-12(16-10(2)15-11)17-6-5-13(3,8-14)9-17/h7H,4-6,8-9,14H2,1-3H3. The van der Waals surface area contributed by atoms with E-state index >= 15 is 0 Å². The van der Waals surface area contributed by atoms with Gasteiger partial charge in [-0.1, -0.05) is 13.8 Å². The fraction of sp³-hybridized carbons (Fsp3) is 0.692. The second-order valence-corrected chi connectivity index (χ2v) is 5.30. The average molecular weight is 234 g/mol. The lowest BCUT2D eigenvalue weighted by atomic mass is 9.90. The first-order valence-corrected chi connectivity index (χ1v) is 6.36. The molecular formula is C13H22N4. The maximum absolute atomic E-state index is 5.83. The third-order valence-corrected chi connectivity index (χ3v) is 3.61. The van der Waals surface area contributed by atoms with Gasteiger partial charge in [-0.3, -0.25) is 0 Å². The number of nitrogens with two attached hydrogens (primary N) is 1. The van der Waals surface area contributed by atoms with Gasteiger partial charge in [-0.25, -0.2) is 9.97 Å². The fourth-order valence-corrected chi connectivity index (χ4v) is 2.34. The van der Waals surface area contributed by atoms with Crippen LogP contribution >= 0.6 is 0 Å². The summed E-state index contributed by atoms with van der Waals surface area (Å²) in [6.45, 7) is 9.13. The van der Waals surface area contributed by atoms with Crippen molar-refractivity contribution in [2.75, 3.05) is 24.5 Å². The summed E-state index contributed by atoms with van der Waals surface area (Å²) >= 11 is 0. The molecule has 1 atom stereocenters. The lowest BCUT2D eigenvalue weighted by molar-refractivity contribution is 0.383. The van der Waals surface area contributed by atoms with Crippen LogP contribution in [-0.2, 0) is 6.42 Å². The van der Waals surface area contributed by atoms with Gasteiger partial charge >= 0.3 is 0 Å². The van der Waals surface area contributed by atoms with Gasteiger partial charge in [0.1, 0.15) is 11.6 Å². The van der Waals surface area contributed by atoms with Crippen LogP contribution in [0.2, 0.25) is 0 Å². The Kier molecular flexibility index (Phi) is 3.33. The molecule has 4 heteroatoms. The summed E-state index contributed by atoms with van der Waals surface area (Å²) in [5.41, 5.74) is 7.20. The molecule has 1 unspecified atom stereocenters. The van der Waals surface area contributed by atoms with Crippen LogP contribution in [0.1, 0.15) is 31.8 Å². The summed E-state index contributed by atoms with van der Waals surface area (Å²) in [4.78, 5) is 11.3. The van der Waals surface area contributed by atoms with E-state index in [0.717, 1.165) is 49.8 Å². The summed E-state index contributed by atoms with van der Waals surface area (Å²) in [5, 5.41) is 0. The number of rotatable bonds is 3. The number of aromatic nitrogens is 2. The average Bonchev–Trinajstić information content (AvgIpc) is 2.72. The van der Waals surface area contributed by atoms with Crippen molar-refractivity contribution in [2.45, 2.75) is 33.6 Å². The Bertz CT molecular complexity index is 404. The second kappa shape index (κ2) is 4.61. The van der Waals surface area contributed by atoms with Gasteiger partial charge in [0.2, 0.25) is 0 Å². The van der Waals surface area contributed by atoms with Gasteiger partial charge in [0.25, 0.3) is 0 Å². The molecule has 0 saturated carbocycles. The molecule has 0 aliphatic carbocycles. The molecule has 1 aliphatic rings. The molecule has 2 N–H and O–H groups in total. The van der Waals surface area contributed by atoms with Crippen LogP contribution in [0.5, 0.6) is 0 Å². The van der Waals surface area contributed by atoms with Gasteiger partial charge in [0.15, 0.2) is 0 Å². The van der Waals surface area contributed by atoms with Crippen LogP contribution in [0, 0.1) is 12.3 Å². The Hall–Kier alpha value is -1.16. The zero-order chi connectivity index (χ0) is 12.5. The van der Waals surface area contributed by atoms with E-state index in [-0.39, 0.29) is 5.41 Å². The van der Waals surface area contributed by atoms with E-state index in [1.54, 1.807) is 0 Å². The molecule has 1 aromatic rings. The minimum atomic E-state index is 0.241. The molecule has 94 valence electrons. The normalized spacial score (nSPS) is 24.4. The van der Waals surface area contributed by atoms with E-state index < -0.39 is 0 Å². The predicted octanol–water partition coefficient (Wildman–Crippen LogP) is 1.52. The smallest absolute Gasteiger partial charge is 0.132 e. The quantitative estimate of drug-likeness (QED) is 0.861. The van der Waals surface area contributed by atoms with Gasteiger partial charge < -0.3 is 10.6 Å². The van der Waals surface area contributed by atoms with Crippen LogP contribution in [0.3, 0.4) is 0 Å². The Morgan fingerprint density at radius 1 is 1.47 bits per heavy atom. The Balaban J connectivity index is 2.21. The zero-order valence-electron chi connectivity index (χ0n) is 11.0. The highest BCUT2D eigenvalue weighted by atomic mass is 15.2. The lowest BCUT2D eigenvalue weighted by Crippen LogP contribution is -2.31. The third-order valence-electron chi connectivity index (χ3n) is 3.61. The molecule has 2 rings (SSSR count). The first-order chi connectivity index (χ1) is 8.06. The summed E-state index contributed by atoms with van der Waals surface area (Å²) in [6.07, 6.45) is 2.10. The molecule has 2 heterocycles. The minimum absolute atomic E-state index is 0.241. The topological polar surface area (TPSA) is 55.0 Å². The summed E-state index contributed by atoms with van der Waals surface area (Å²) in [5.74, 6) is 1.92. The van der Waals surface area contributed by atoms with Crippen LogP contribution in [0.4, 0.5) is 5.82 Å². The highest BCUT2D eigenvalue weighted by molar-refractivity contribution is 5.41. The largest absolute Gasteiger partial charge is 0.356 e. The molecular weight excluding hydrogens is 212 g/mol. The molecule has 17 heavy (non-hydrogen) atoms. The molecule has 0 spiro atoms. The Morgan fingerprint density at radius 2 is 2.24 bits per heavy atom. The fourth-order valence-electron chi connectivity index (χ4n) is 2.34. The summed E-state index contributed by atoms with van der Waals surface area (Å²) in [6, 6.07) is 2.11. The van der Waals surface area contributed by atoms with E-state index in [1.165, 1.54) is 0 Å². The first-order valence-electron chi connectivity index (χ1n) is 6.36. The predicted molar refractivity (Wildman–Crippen MR) is 70.1 cm³/mol. The van der Waals surface area contributed by atoms with Crippen molar-refractivity contribution in [3.8, 4) is 0 Å². The monoisotopic (exact) mass is 234 g/mol. The number of hydrogen-bond acceptors (Lipinski definition) is 4. The maximum atomic E-state index is 5.83. The van der Waals surface area contributed by atoms with Crippen molar-refractivity contribution < 1.29 is 0 Å². The van der Waals surface area contributed by atoms with Crippen molar-refractivity contribution in [1.82, 2.24) is 9.97 Å². The van der Waals surface area contributed by atoms with E-state index in [2.05, 4.69) is 34.8 Å². The molecule has 4 nitrogen and oxygen atoms in total. The van der Waals surface area contributed by atoms with Crippen molar-refractivity contribution >= 4 is 5.82 Å². The third kappa shape index (κ3) is 2.57. The van der Waals surface area contributed by atoms with Gasteiger partial charge in [-0.15, -0.1) is 0 Å². The van der Waals surface area contributed by atoms with E-state index in [4.69, 9.17) is 5.73 Å². The lowest BCUT2D eigenvalue weighted by Gasteiger charge is -2.23. The van der Waals surface area contributed by atoms with E-state index in [1.807, 2.05) is 6.92 Å². The van der Waals surface area contributed by atoms with Crippen molar-refractivity contribution in [1.29, 1.82) is 0 Å². The highest BCUT2D eigenvalue weighted by Gasteiger charge is 2.33. The molecule has 1 saturated heterocycles. The number of anilines is 1. The minimum Gasteiger partial charge on any atom is -0.356 e. The molecule has 1 aromatic heterocycles.